The van der Waals surface area contributed by atoms with Crippen LogP contribution < -0.4 is 0 Å². The zero-order valence-corrected chi connectivity index (χ0v) is 12.1. The number of aliphatic hydroxyl groups is 1. The zero-order valence-electron chi connectivity index (χ0n) is 11.3. The molecular formula is C14H11N5O2S. The van der Waals surface area contributed by atoms with Crippen molar-refractivity contribution in [2.24, 2.45) is 0 Å². The van der Waals surface area contributed by atoms with E-state index in [2.05, 4.69) is 25.6 Å². The standard InChI is InChI=1S/C14H11N5O2S/c20-11(8-12(21)14-16-18-19-17-14)10-4-6-22-13(10)7-9-3-1-2-5-15-9/h1-6,8,20H,7H2,(H,16,17,18,19). The van der Waals surface area contributed by atoms with E-state index in [-0.39, 0.29) is 11.6 Å². The summed E-state index contributed by atoms with van der Waals surface area (Å²) in [5.74, 6) is -0.726. The number of tetrazole rings is 1. The van der Waals surface area contributed by atoms with Gasteiger partial charge in [-0.25, -0.2) is 0 Å². The molecule has 0 aliphatic rings. The van der Waals surface area contributed by atoms with Gasteiger partial charge >= 0.3 is 0 Å². The Morgan fingerprint density at radius 1 is 1.36 bits per heavy atom. The molecule has 3 aromatic heterocycles. The maximum Gasteiger partial charge on any atom is 0.244 e. The minimum absolute atomic E-state index is 0.0898. The van der Waals surface area contributed by atoms with Crippen LogP contribution in [0.5, 0.6) is 0 Å². The van der Waals surface area contributed by atoms with Crippen LogP contribution in [0.3, 0.4) is 0 Å². The second-order valence-electron chi connectivity index (χ2n) is 4.38. The van der Waals surface area contributed by atoms with Gasteiger partial charge in [0.15, 0.2) is 0 Å². The highest BCUT2D eigenvalue weighted by Gasteiger charge is 2.14. The second-order valence-corrected chi connectivity index (χ2v) is 5.39. The molecular weight excluding hydrogens is 302 g/mol. The molecule has 7 nitrogen and oxygen atoms in total. The van der Waals surface area contributed by atoms with Crippen LogP contribution in [0.4, 0.5) is 0 Å². The van der Waals surface area contributed by atoms with Crippen molar-refractivity contribution in [3.05, 3.63) is 63.9 Å². The van der Waals surface area contributed by atoms with E-state index < -0.39 is 5.78 Å². The maximum absolute atomic E-state index is 11.9. The van der Waals surface area contributed by atoms with E-state index in [1.54, 1.807) is 12.3 Å². The third-order valence-electron chi connectivity index (χ3n) is 2.92. The van der Waals surface area contributed by atoms with Crippen molar-refractivity contribution >= 4 is 22.9 Å². The van der Waals surface area contributed by atoms with Crippen LogP contribution >= 0.6 is 11.3 Å². The van der Waals surface area contributed by atoms with Crippen molar-refractivity contribution in [1.82, 2.24) is 25.6 Å². The first-order valence-corrected chi connectivity index (χ1v) is 7.27. The number of carbonyl (C=O) groups excluding carboxylic acids is 1. The lowest BCUT2D eigenvalue weighted by Gasteiger charge is -2.02. The van der Waals surface area contributed by atoms with Crippen molar-refractivity contribution in [2.45, 2.75) is 6.42 Å². The molecule has 0 aliphatic carbocycles. The van der Waals surface area contributed by atoms with Gasteiger partial charge in [0.1, 0.15) is 5.76 Å². The minimum atomic E-state index is -0.513. The number of thiophene rings is 1. The van der Waals surface area contributed by atoms with Gasteiger partial charge in [0.2, 0.25) is 11.6 Å². The highest BCUT2D eigenvalue weighted by atomic mass is 32.1. The summed E-state index contributed by atoms with van der Waals surface area (Å²) in [6.45, 7) is 0. The Morgan fingerprint density at radius 3 is 3.00 bits per heavy atom. The Kier molecular flexibility index (Phi) is 4.01. The summed E-state index contributed by atoms with van der Waals surface area (Å²) >= 11 is 1.50. The third-order valence-corrected chi connectivity index (χ3v) is 3.84. The number of aliphatic hydroxyl groups excluding tert-OH is 1. The highest BCUT2D eigenvalue weighted by molar-refractivity contribution is 7.10. The van der Waals surface area contributed by atoms with Crippen molar-refractivity contribution in [3.63, 3.8) is 0 Å². The molecule has 0 aliphatic heterocycles. The van der Waals surface area contributed by atoms with Crippen LogP contribution in [0.2, 0.25) is 0 Å². The number of H-pyrrole nitrogens is 1. The quantitative estimate of drug-likeness (QED) is 0.424. The molecule has 0 unspecified atom stereocenters. The van der Waals surface area contributed by atoms with Gasteiger partial charge in [-0.05, 0) is 28.8 Å². The number of carbonyl (C=O) groups is 1. The number of pyridine rings is 1. The largest absolute Gasteiger partial charge is 0.507 e. The number of hydrogen-bond acceptors (Lipinski definition) is 7. The summed E-state index contributed by atoms with van der Waals surface area (Å²) in [4.78, 5) is 17.0. The van der Waals surface area contributed by atoms with Crippen molar-refractivity contribution in [1.29, 1.82) is 0 Å². The average Bonchev–Trinajstić information content (AvgIpc) is 3.19. The normalized spacial score (nSPS) is 11.5. The molecule has 0 saturated heterocycles. The number of allylic oxidation sites excluding steroid dienone is 1. The molecule has 0 bridgehead atoms. The lowest BCUT2D eigenvalue weighted by atomic mass is 10.1. The Morgan fingerprint density at radius 2 is 2.27 bits per heavy atom. The smallest absolute Gasteiger partial charge is 0.244 e. The van der Waals surface area contributed by atoms with E-state index in [4.69, 9.17) is 0 Å². The van der Waals surface area contributed by atoms with E-state index in [1.165, 1.54) is 11.3 Å². The fourth-order valence-electron chi connectivity index (χ4n) is 1.91. The zero-order chi connectivity index (χ0) is 15.4. The first-order chi connectivity index (χ1) is 10.7. The number of aromatic nitrogens is 5. The van der Waals surface area contributed by atoms with Gasteiger partial charge in [0.25, 0.3) is 0 Å². The Bertz CT molecular complexity index is 796. The number of rotatable bonds is 5. The van der Waals surface area contributed by atoms with Crippen LogP contribution in [-0.2, 0) is 6.42 Å². The van der Waals surface area contributed by atoms with Gasteiger partial charge in [-0.15, -0.1) is 21.5 Å². The summed E-state index contributed by atoms with van der Waals surface area (Å²) in [6.07, 6.45) is 3.40. The van der Waals surface area contributed by atoms with Gasteiger partial charge in [0, 0.05) is 34.8 Å². The molecule has 2 N–H and O–H groups in total. The Balaban J connectivity index is 1.83. The Hall–Kier alpha value is -2.87. The summed E-state index contributed by atoms with van der Waals surface area (Å²) in [7, 11) is 0. The molecule has 3 rings (SSSR count). The summed E-state index contributed by atoms with van der Waals surface area (Å²) < 4.78 is 0. The van der Waals surface area contributed by atoms with Crippen LogP contribution in [0.15, 0.2) is 41.9 Å². The van der Waals surface area contributed by atoms with Gasteiger partial charge in [-0.3, -0.25) is 9.78 Å². The molecule has 0 aromatic carbocycles. The van der Waals surface area contributed by atoms with Crippen molar-refractivity contribution < 1.29 is 9.90 Å². The minimum Gasteiger partial charge on any atom is -0.507 e. The van der Waals surface area contributed by atoms with Crippen molar-refractivity contribution in [3.8, 4) is 0 Å². The monoisotopic (exact) mass is 313 g/mol. The maximum atomic E-state index is 11.9. The molecule has 3 heterocycles. The van der Waals surface area contributed by atoms with E-state index in [0.29, 0.717) is 12.0 Å². The predicted octanol–water partition coefficient (Wildman–Crippen LogP) is 2.03. The predicted molar refractivity (Wildman–Crippen MR) is 80.5 cm³/mol. The molecule has 0 radical (unpaired) electrons. The van der Waals surface area contributed by atoms with E-state index >= 15 is 0 Å². The molecule has 0 saturated carbocycles. The average molecular weight is 313 g/mol. The van der Waals surface area contributed by atoms with Gasteiger partial charge in [-0.1, -0.05) is 6.07 Å². The molecule has 22 heavy (non-hydrogen) atoms. The fourth-order valence-corrected chi connectivity index (χ4v) is 2.80. The molecule has 110 valence electrons. The van der Waals surface area contributed by atoms with E-state index in [9.17, 15) is 9.90 Å². The summed E-state index contributed by atoms with van der Waals surface area (Å²) in [5, 5.41) is 24.7. The Labute approximate surface area is 129 Å². The number of aromatic amines is 1. The topological polar surface area (TPSA) is 105 Å². The molecule has 8 heteroatoms. The highest BCUT2D eigenvalue weighted by Crippen LogP contribution is 2.25. The van der Waals surface area contributed by atoms with Crippen LogP contribution in [-0.4, -0.2) is 36.5 Å². The summed E-state index contributed by atoms with van der Waals surface area (Å²) in [6, 6.07) is 7.43. The lowest BCUT2D eigenvalue weighted by molar-refractivity contribution is 0.103. The fraction of sp³-hybridized carbons (Fsp3) is 0.0714. The van der Waals surface area contributed by atoms with Gasteiger partial charge in [0.05, 0.1) is 0 Å². The first kappa shape index (κ1) is 14.1. The second kappa shape index (κ2) is 6.27. The SMILES string of the molecule is O=C(C=C(O)c1ccsc1Cc1ccccn1)c1nn[nH]n1. The first-order valence-electron chi connectivity index (χ1n) is 6.39. The molecule has 0 atom stereocenters. The van der Waals surface area contributed by atoms with Crippen LogP contribution in [0, 0.1) is 0 Å². The molecule has 0 fully saturated rings. The van der Waals surface area contributed by atoms with Crippen molar-refractivity contribution in [2.75, 3.05) is 0 Å². The van der Waals surface area contributed by atoms with Gasteiger partial charge < -0.3 is 5.11 Å². The number of hydrogen-bond donors (Lipinski definition) is 2. The van der Waals surface area contributed by atoms with Crippen LogP contribution in [0.25, 0.3) is 5.76 Å². The lowest BCUT2D eigenvalue weighted by Crippen LogP contribution is -2.00. The molecule has 0 amide bonds. The third kappa shape index (κ3) is 3.07. The summed E-state index contributed by atoms with van der Waals surface area (Å²) in [5.41, 5.74) is 1.50. The van der Waals surface area contributed by atoms with E-state index in [1.807, 2.05) is 23.6 Å². The van der Waals surface area contributed by atoms with E-state index in [0.717, 1.165) is 16.6 Å². The number of nitrogens with one attached hydrogen (secondary N) is 1. The number of ketones is 1. The molecule has 3 aromatic rings. The molecule has 0 spiro atoms. The van der Waals surface area contributed by atoms with Gasteiger partial charge in [-0.2, -0.15) is 5.21 Å². The van der Waals surface area contributed by atoms with Crippen LogP contribution in [0.1, 0.15) is 26.8 Å². The number of nitrogens with zero attached hydrogens (tertiary/aromatic N) is 4.